The summed E-state index contributed by atoms with van der Waals surface area (Å²) in [5.74, 6) is 0.836. The molecule has 0 spiro atoms. The van der Waals surface area contributed by atoms with Gasteiger partial charge in [-0.25, -0.2) is 0 Å². The minimum Gasteiger partial charge on any atom is -0.348 e. The summed E-state index contributed by atoms with van der Waals surface area (Å²) < 4.78 is 0. The van der Waals surface area contributed by atoms with Crippen molar-refractivity contribution in [3.05, 3.63) is 0 Å². The van der Waals surface area contributed by atoms with Gasteiger partial charge in [0.15, 0.2) is 0 Å². The zero-order chi connectivity index (χ0) is 10.4. The third-order valence-electron chi connectivity index (χ3n) is 2.56. The Bertz CT molecular complexity index is 271. The van der Waals surface area contributed by atoms with Crippen LogP contribution in [0.4, 0.5) is 0 Å². The van der Waals surface area contributed by atoms with Gasteiger partial charge in [0.2, 0.25) is 0 Å². The fourth-order valence-electron chi connectivity index (χ4n) is 1.39. The fraction of sp³-hybridized carbons (Fsp3) is 0.800. The van der Waals surface area contributed by atoms with Crippen molar-refractivity contribution in [3.63, 3.8) is 0 Å². The van der Waals surface area contributed by atoms with Gasteiger partial charge in [-0.05, 0) is 13.8 Å². The van der Waals surface area contributed by atoms with Crippen LogP contribution >= 0.6 is 0 Å². The van der Waals surface area contributed by atoms with Gasteiger partial charge in [0.05, 0.1) is 0 Å². The van der Waals surface area contributed by atoms with E-state index in [-0.39, 0.29) is 11.3 Å². The molecule has 0 N–H and O–H groups in total. The third-order valence-corrected chi connectivity index (χ3v) is 2.56. The highest BCUT2D eigenvalue weighted by molar-refractivity contribution is 6.07. The lowest BCUT2D eigenvalue weighted by atomic mass is 9.93. The van der Waals surface area contributed by atoms with Crippen molar-refractivity contribution in [2.75, 3.05) is 7.05 Å². The Kier molecular flexibility index (Phi) is 2.02. The predicted octanol–water partition coefficient (Wildman–Crippen LogP) is 1.68. The Balaban J connectivity index is 3.07. The number of hydrogen-bond donors (Lipinski definition) is 0. The number of carbonyl (C=O) groups excluding carboxylic acids is 1. The van der Waals surface area contributed by atoms with Crippen molar-refractivity contribution in [2.24, 2.45) is 10.4 Å². The van der Waals surface area contributed by atoms with Crippen molar-refractivity contribution in [1.82, 2.24) is 4.90 Å². The molecule has 0 aromatic heterocycles. The van der Waals surface area contributed by atoms with Gasteiger partial charge in [-0.3, -0.25) is 4.79 Å². The van der Waals surface area contributed by atoms with E-state index in [0.717, 1.165) is 5.84 Å². The van der Waals surface area contributed by atoms with Gasteiger partial charge in [-0.2, -0.15) is 4.99 Å². The van der Waals surface area contributed by atoms with Crippen molar-refractivity contribution in [1.29, 1.82) is 0 Å². The Morgan fingerprint density at radius 2 is 1.77 bits per heavy atom. The molecule has 0 saturated carbocycles. The molecule has 3 heteroatoms. The van der Waals surface area contributed by atoms with Crippen molar-refractivity contribution in [3.8, 4) is 0 Å². The smallest absolute Gasteiger partial charge is 0.272 e. The van der Waals surface area contributed by atoms with Crippen LogP contribution in [0.25, 0.3) is 0 Å². The summed E-state index contributed by atoms with van der Waals surface area (Å²) in [5, 5.41) is 0. The normalized spacial score (nSPS) is 22.2. The lowest BCUT2D eigenvalue weighted by Gasteiger charge is -2.33. The van der Waals surface area contributed by atoms with E-state index in [1.54, 1.807) is 0 Å². The van der Waals surface area contributed by atoms with E-state index in [4.69, 9.17) is 0 Å². The number of carbonyl (C=O) groups is 1. The first-order valence-electron chi connectivity index (χ1n) is 4.55. The van der Waals surface area contributed by atoms with Gasteiger partial charge >= 0.3 is 0 Å². The van der Waals surface area contributed by atoms with Gasteiger partial charge < -0.3 is 4.90 Å². The fourth-order valence-corrected chi connectivity index (χ4v) is 1.39. The summed E-state index contributed by atoms with van der Waals surface area (Å²) in [6.45, 7) is 10.0. The molecule has 3 nitrogen and oxygen atoms in total. The van der Waals surface area contributed by atoms with Crippen LogP contribution < -0.4 is 0 Å². The minimum atomic E-state index is -0.470. The van der Waals surface area contributed by atoms with Gasteiger partial charge in [0.25, 0.3) is 5.91 Å². The molecule has 0 aromatic carbocycles. The Morgan fingerprint density at radius 1 is 1.31 bits per heavy atom. The summed E-state index contributed by atoms with van der Waals surface area (Å²) in [6.07, 6.45) is 0. The lowest BCUT2D eigenvalue weighted by Crippen LogP contribution is -2.47. The summed E-state index contributed by atoms with van der Waals surface area (Å²) in [5.41, 5.74) is -0.527. The van der Waals surface area contributed by atoms with Crippen LogP contribution in [0.3, 0.4) is 0 Å². The van der Waals surface area contributed by atoms with Crippen LogP contribution in [0.15, 0.2) is 4.99 Å². The van der Waals surface area contributed by atoms with Crippen molar-refractivity contribution >= 4 is 11.7 Å². The summed E-state index contributed by atoms with van der Waals surface area (Å²) in [4.78, 5) is 17.6. The Morgan fingerprint density at radius 3 is 1.92 bits per heavy atom. The maximum Gasteiger partial charge on any atom is 0.272 e. The van der Waals surface area contributed by atoms with E-state index in [9.17, 15) is 4.79 Å². The molecule has 1 aliphatic heterocycles. The van der Waals surface area contributed by atoms with Crippen LogP contribution in [-0.4, -0.2) is 29.2 Å². The molecule has 0 saturated heterocycles. The second kappa shape index (κ2) is 2.56. The van der Waals surface area contributed by atoms with E-state index in [1.807, 2.05) is 25.8 Å². The third kappa shape index (κ3) is 1.47. The molecule has 74 valence electrons. The first-order valence-corrected chi connectivity index (χ1v) is 4.55. The first-order chi connectivity index (χ1) is 5.67. The number of likely N-dealkylation sites (N-methyl/N-ethyl adjacent to an activating group) is 1. The summed E-state index contributed by atoms with van der Waals surface area (Å²) in [7, 11) is 1.93. The molecule has 0 fully saturated rings. The number of amidine groups is 1. The molecule has 0 unspecified atom stereocenters. The largest absolute Gasteiger partial charge is 0.348 e. The molecule has 0 aromatic rings. The average molecular weight is 182 g/mol. The topological polar surface area (TPSA) is 32.7 Å². The second-order valence-corrected chi connectivity index (χ2v) is 5.11. The van der Waals surface area contributed by atoms with Crippen LogP contribution in [-0.2, 0) is 4.79 Å². The highest BCUT2D eigenvalue weighted by Gasteiger charge is 2.43. The van der Waals surface area contributed by atoms with E-state index in [1.165, 1.54) is 0 Å². The first kappa shape index (κ1) is 10.2. The second-order valence-electron chi connectivity index (χ2n) is 5.11. The van der Waals surface area contributed by atoms with Gasteiger partial charge in [0, 0.05) is 12.5 Å². The predicted molar refractivity (Wildman–Crippen MR) is 53.7 cm³/mol. The highest BCUT2D eigenvalue weighted by Crippen LogP contribution is 2.30. The maximum absolute atomic E-state index is 11.5. The van der Waals surface area contributed by atoms with E-state index in [2.05, 4.69) is 25.8 Å². The van der Waals surface area contributed by atoms with Crippen LogP contribution in [0, 0.1) is 5.41 Å². The number of aliphatic imine (C=N–C) groups is 1. The van der Waals surface area contributed by atoms with E-state index in [0.29, 0.717) is 0 Å². The molecule has 1 amide bonds. The lowest BCUT2D eigenvalue weighted by molar-refractivity contribution is -0.123. The van der Waals surface area contributed by atoms with Gasteiger partial charge in [0.1, 0.15) is 11.4 Å². The summed E-state index contributed by atoms with van der Waals surface area (Å²) in [6, 6.07) is 0. The van der Waals surface area contributed by atoms with Crippen LogP contribution in [0.2, 0.25) is 0 Å². The van der Waals surface area contributed by atoms with Gasteiger partial charge in [-0.15, -0.1) is 0 Å². The Labute approximate surface area is 79.8 Å². The SMILES string of the molecule is CN1C(C(C)(C)C)=NC(=O)C1(C)C. The quantitative estimate of drug-likeness (QED) is 0.571. The zero-order valence-electron chi connectivity index (χ0n) is 9.30. The molecule has 0 radical (unpaired) electrons. The highest BCUT2D eigenvalue weighted by atomic mass is 16.2. The van der Waals surface area contributed by atoms with Crippen LogP contribution in [0.5, 0.6) is 0 Å². The summed E-state index contributed by atoms with van der Waals surface area (Å²) >= 11 is 0. The standard InChI is InChI=1S/C10H18N2O/c1-9(2,3)7-11-8(13)10(4,5)12(7)6/h1-6H3. The number of hydrogen-bond acceptors (Lipinski definition) is 2. The molecule has 1 heterocycles. The van der Waals surface area contributed by atoms with Crippen molar-refractivity contribution < 1.29 is 4.79 Å². The molecule has 0 atom stereocenters. The zero-order valence-corrected chi connectivity index (χ0v) is 9.30. The number of nitrogens with zero attached hydrogens (tertiary/aromatic N) is 2. The van der Waals surface area contributed by atoms with Crippen LogP contribution in [0.1, 0.15) is 34.6 Å². The molecular formula is C10H18N2O. The van der Waals surface area contributed by atoms with Gasteiger partial charge in [-0.1, -0.05) is 20.8 Å². The molecule has 1 aliphatic rings. The van der Waals surface area contributed by atoms with Crippen molar-refractivity contribution in [2.45, 2.75) is 40.2 Å². The average Bonchev–Trinajstić information content (AvgIpc) is 2.12. The van der Waals surface area contributed by atoms with E-state index >= 15 is 0 Å². The number of amides is 1. The maximum atomic E-state index is 11.5. The number of rotatable bonds is 0. The Hall–Kier alpha value is -0.860. The molecule has 1 rings (SSSR count). The monoisotopic (exact) mass is 182 g/mol. The molecule has 0 aliphatic carbocycles. The van der Waals surface area contributed by atoms with E-state index < -0.39 is 5.54 Å². The minimum absolute atomic E-state index is 0.0417. The molecule has 13 heavy (non-hydrogen) atoms. The molecule has 0 bridgehead atoms. The molecular weight excluding hydrogens is 164 g/mol.